The van der Waals surface area contributed by atoms with Crippen LogP contribution in [0.15, 0.2) is 42.5 Å². The largest absolute Gasteiger partial charge is 0.497 e. The molecular formula is C19H21NO5. The minimum atomic E-state index is -1.01. The van der Waals surface area contributed by atoms with Gasteiger partial charge < -0.3 is 19.9 Å². The van der Waals surface area contributed by atoms with Crippen LogP contribution in [0, 0.1) is 6.92 Å². The fourth-order valence-electron chi connectivity index (χ4n) is 2.25. The molecule has 6 nitrogen and oxygen atoms in total. The lowest BCUT2D eigenvalue weighted by Crippen LogP contribution is -2.13. The van der Waals surface area contributed by atoms with Gasteiger partial charge in [-0.1, -0.05) is 6.07 Å². The van der Waals surface area contributed by atoms with E-state index in [-0.39, 0.29) is 17.9 Å². The molecule has 0 saturated carbocycles. The quantitative estimate of drug-likeness (QED) is 0.717. The average molecular weight is 343 g/mol. The molecule has 0 aliphatic heterocycles. The Kier molecular flexibility index (Phi) is 6.39. The molecule has 0 fully saturated rings. The first kappa shape index (κ1) is 18.3. The Morgan fingerprint density at radius 1 is 1.08 bits per heavy atom. The predicted octanol–water partition coefficient (Wildman–Crippen LogP) is 3.50. The van der Waals surface area contributed by atoms with Gasteiger partial charge in [0.15, 0.2) is 0 Å². The number of ether oxygens (including phenoxy) is 2. The van der Waals surface area contributed by atoms with Crippen molar-refractivity contribution in [3.63, 3.8) is 0 Å². The Hall–Kier alpha value is -3.02. The first-order valence-corrected chi connectivity index (χ1v) is 7.90. The number of aromatic carboxylic acids is 1. The van der Waals surface area contributed by atoms with Crippen LogP contribution >= 0.6 is 0 Å². The fraction of sp³-hybridized carbons (Fsp3) is 0.263. The van der Waals surface area contributed by atoms with E-state index in [1.807, 2.05) is 0 Å². The van der Waals surface area contributed by atoms with E-state index in [0.717, 1.165) is 5.75 Å². The molecule has 132 valence electrons. The van der Waals surface area contributed by atoms with E-state index >= 15 is 0 Å². The maximum Gasteiger partial charge on any atom is 0.336 e. The molecule has 2 N–H and O–H groups in total. The molecule has 0 aromatic heterocycles. The normalized spacial score (nSPS) is 10.2. The first-order chi connectivity index (χ1) is 12.0. The van der Waals surface area contributed by atoms with Crippen LogP contribution < -0.4 is 14.8 Å². The van der Waals surface area contributed by atoms with Gasteiger partial charge in [-0.15, -0.1) is 0 Å². The fourth-order valence-corrected chi connectivity index (χ4v) is 2.25. The van der Waals surface area contributed by atoms with Gasteiger partial charge in [-0.05, 0) is 55.3 Å². The highest BCUT2D eigenvalue weighted by atomic mass is 16.5. The van der Waals surface area contributed by atoms with Crippen LogP contribution in [0.2, 0.25) is 0 Å². The van der Waals surface area contributed by atoms with Gasteiger partial charge in [-0.25, -0.2) is 4.79 Å². The first-order valence-electron chi connectivity index (χ1n) is 7.90. The van der Waals surface area contributed by atoms with Gasteiger partial charge in [0, 0.05) is 12.1 Å². The number of rotatable bonds is 8. The number of anilines is 1. The molecule has 0 bridgehead atoms. The molecule has 0 heterocycles. The summed E-state index contributed by atoms with van der Waals surface area (Å²) in [5.41, 5.74) is 1.31. The molecule has 0 radical (unpaired) electrons. The molecule has 2 rings (SSSR count). The molecule has 2 aromatic rings. The van der Waals surface area contributed by atoms with Gasteiger partial charge in [0.1, 0.15) is 11.5 Å². The van der Waals surface area contributed by atoms with Crippen molar-refractivity contribution in [1.29, 1.82) is 0 Å². The smallest absolute Gasteiger partial charge is 0.336 e. The van der Waals surface area contributed by atoms with Crippen molar-refractivity contribution in [2.45, 2.75) is 19.8 Å². The van der Waals surface area contributed by atoms with Crippen molar-refractivity contribution in [3.05, 3.63) is 53.6 Å². The third kappa shape index (κ3) is 5.53. The lowest BCUT2D eigenvalue weighted by Gasteiger charge is -2.09. The average Bonchev–Trinajstić information content (AvgIpc) is 2.60. The van der Waals surface area contributed by atoms with E-state index in [9.17, 15) is 9.59 Å². The minimum Gasteiger partial charge on any atom is -0.497 e. The zero-order valence-corrected chi connectivity index (χ0v) is 14.2. The molecule has 0 unspecified atom stereocenters. The predicted molar refractivity (Wildman–Crippen MR) is 94.5 cm³/mol. The van der Waals surface area contributed by atoms with E-state index in [4.69, 9.17) is 14.6 Å². The van der Waals surface area contributed by atoms with Crippen LogP contribution in [0.25, 0.3) is 0 Å². The molecule has 6 heteroatoms. The van der Waals surface area contributed by atoms with Gasteiger partial charge >= 0.3 is 5.97 Å². The highest BCUT2D eigenvalue weighted by Gasteiger charge is 2.09. The molecule has 0 saturated heterocycles. The highest BCUT2D eigenvalue weighted by Crippen LogP contribution is 2.18. The van der Waals surface area contributed by atoms with E-state index < -0.39 is 5.97 Å². The Balaban J connectivity index is 1.77. The van der Waals surface area contributed by atoms with E-state index in [2.05, 4.69) is 5.32 Å². The summed E-state index contributed by atoms with van der Waals surface area (Å²) < 4.78 is 10.6. The van der Waals surface area contributed by atoms with Crippen LogP contribution in [0.3, 0.4) is 0 Å². The summed E-state index contributed by atoms with van der Waals surface area (Å²) in [6.45, 7) is 2.12. The molecule has 2 aromatic carbocycles. The number of methoxy groups -OCH3 is 1. The number of carboxylic acids is 1. The third-order valence-corrected chi connectivity index (χ3v) is 3.63. The molecule has 1 amide bonds. The zero-order valence-electron chi connectivity index (χ0n) is 14.2. The van der Waals surface area contributed by atoms with Crippen LogP contribution in [0.4, 0.5) is 5.69 Å². The summed E-state index contributed by atoms with van der Waals surface area (Å²) in [5.74, 6) is 0.274. The van der Waals surface area contributed by atoms with Gasteiger partial charge in [-0.2, -0.15) is 0 Å². The molecule has 0 spiro atoms. The number of carboxylic acid groups (broad SMARTS) is 1. The number of benzene rings is 2. The van der Waals surface area contributed by atoms with Crippen molar-refractivity contribution in [2.75, 3.05) is 19.0 Å². The van der Waals surface area contributed by atoms with Crippen molar-refractivity contribution in [2.24, 2.45) is 0 Å². The SMILES string of the molecule is COc1ccc(OCCCC(=O)Nc2ccc(C)c(C(=O)O)c2)cc1. The third-order valence-electron chi connectivity index (χ3n) is 3.63. The summed E-state index contributed by atoms with van der Waals surface area (Å²) in [7, 11) is 1.60. The number of amides is 1. The van der Waals surface area contributed by atoms with Crippen molar-refractivity contribution in [1.82, 2.24) is 0 Å². The lowest BCUT2D eigenvalue weighted by molar-refractivity contribution is -0.116. The Morgan fingerprint density at radius 2 is 1.76 bits per heavy atom. The molecule has 0 aliphatic rings. The highest BCUT2D eigenvalue weighted by molar-refractivity contribution is 5.94. The molecular weight excluding hydrogens is 322 g/mol. The standard InChI is InChI=1S/C19H21NO5/c1-13-5-6-14(12-17(13)19(22)23)20-18(21)4-3-11-25-16-9-7-15(24-2)8-10-16/h5-10,12H,3-4,11H2,1-2H3,(H,20,21)(H,22,23). The van der Waals surface area contributed by atoms with Crippen LogP contribution in [-0.4, -0.2) is 30.7 Å². The van der Waals surface area contributed by atoms with Gasteiger partial charge in [-0.3, -0.25) is 4.79 Å². The van der Waals surface area contributed by atoms with Crippen LogP contribution in [0.1, 0.15) is 28.8 Å². The number of aryl methyl sites for hydroxylation is 1. The summed E-state index contributed by atoms with van der Waals surface area (Å²) >= 11 is 0. The second-order valence-electron chi connectivity index (χ2n) is 5.51. The van der Waals surface area contributed by atoms with E-state index in [1.165, 1.54) is 6.07 Å². The Morgan fingerprint density at radius 3 is 2.40 bits per heavy atom. The number of hydrogen-bond acceptors (Lipinski definition) is 4. The Bertz CT molecular complexity index is 740. The van der Waals surface area contributed by atoms with Crippen molar-refractivity contribution < 1.29 is 24.2 Å². The van der Waals surface area contributed by atoms with Gasteiger partial charge in [0.25, 0.3) is 0 Å². The zero-order chi connectivity index (χ0) is 18.2. The van der Waals surface area contributed by atoms with Gasteiger partial charge in [0.05, 0.1) is 19.3 Å². The minimum absolute atomic E-state index is 0.181. The molecule has 0 aliphatic carbocycles. The topological polar surface area (TPSA) is 84.9 Å². The van der Waals surface area contributed by atoms with Crippen molar-refractivity contribution in [3.8, 4) is 11.5 Å². The maximum absolute atomic E-state index is 11.9. The maximum atomic E-state index is 11.9. The van der Waals surface area contributed by atoms with E-state index in [1.54, 1.807) is 50.4 Å². The van der Waals surface area contributed by atoms with Crippen molar-refractivity contribution >= 4 is 17.6 Å². The van der Waals surface area contributed by atoms with Gasteiger partial charge in [0.2, 0.25) is 5.91 Å². The molecule has 25 heavy (non-hydrogen) atoms. The summed E-state index contributed by atoms with van der Waals surface area (Å²) in [6, 6.07) is 12.0. The number of carbonyl (C=O) groups is 2. The second-order valence-corrected chi connectivity index (χ2v) is 5.51. The Labute approximate surface area is 146 Å². The summed E-state index contributed by atoms with van der Waals surface area (Å²) in [6.07, 6.45) is 0.835. The second kappa shape index (κ2) is 8.73. The summed E-state index contributed by atoms with van der Waals surface area (Å²) in [5, 5.41) is 11.8. The van der Waals surface area contributed by atoms with Crippen LogP contribution in [0.5, 0.6) is 11.5 Å². The molecule has 0 atom stereocenters. The van der Waals surface area contributed by atoms with Crippen LogP contribution in [-0.2, 0) is 4.79 Å². The monoisotopic (exact) mass is 343 g/mol. The number of hydrogen-bond donors (Lipinski definition) is 2. The number of carbonyl (C=O) groups excluding carboxylic acids is 1. The number of nitrogens with one attached hydrogen (secondary N) is 1. The summed E-state index contributed by atoms with van der Waals surface area (Å²) in [4.78, 5) is 23.1. The van der Waals surface area contributed by atoms with E-state index in [0.29, 0.717) is 30.0 Å². The lowest BCUT2D eigenvalue weighted by atomic mass is 10.1.